The van der Waals surface area contributed by atoms with E-state index >= 15 is 0 Å². The van der Waals surface area contributed by atoms with E-state index in [0.717, 1.165) is 19.2 Å². The van der Waals surface area contributed by atoms with Gasteiger partial charge in [0.1, 0.15) is 11.9 Å². The van der Waals surface area contributed by atoms with E-state index in [4.69, 9.17) is 5.11 Å². The van der Waals surface area contributed by atoms with Crippen LogP contribution in [-0.4, -0.2) is 45.7 Å². The Morgan fingerprint density at radius 3 is 2.57 bits per heavy atom. The number of hydrogen-bond acceptors (Lipinski definition) is 5. The maximum atomic E-state index is 13.2. The summed E-state index contributed by atoms with van der Waals surface area (Å²) in [6.45, 7) is -0.989. The fourth-order valence-corrected chi connectivity index (χ4v) is 2.61. The first kappa shape index (κ1) is 17.4. The largest absolute Gasteiger partial charge is 0.465 e. The highest BCUT2D eigenvalue weighted by Gasteiger charge is 2.26. The van der Waals surface area contributed by atoms with Gasteiger partial charge in [-0.1, -0.05) is 0 Å². The number of carbonyl (C=O) groups excluding carboxylic acids is 1. The topological polar surface area (TPSA) is 92.7 Å². The summed E-state index contributed by atoms with van der Waals surface area (Å²) in [5.74, 6) is -1.98. The molecular formula is C11H12F3NO5S. The van der Waals surface area contributed by atoms with Gasteiger partial charge in [0.15, 0.2) is 0 Å². The number of halogens is 3. The summed E-state index contributed by atoms with van der Waals surface area (Å²) >= 11 is 0. The van der Waals surface area contributed by atoms with Gasteiger partial charge in [0.05, 0.1) is 17.6 Å². The highest BCUT2D eigenvalue weighted by Crippen LogP contribution is 2.18. The summed E-state index contributed by atoms with van der Waals surface area (Å²) in [5, 5.41) is 8.87. The molecule has 0 bridgehead atoms. The summed E-state index contributed by atoms with van der Waals surface area (Å²) in [6.07, 6.45) is -5.38. The molecule has 21 heavy (non-hydrogen) atoms. The van der Waals surface area contributed by atoms with Crippen molar-refractivity contribution in [1.29, 1.82) is 0 Å². The molecule has 0 aromatic heterocycles. The zero-order valence-electron chi connectivity index (χ0n) is 10.7. The van der Waals surface area contributed by atoms with Crippen molar-refractivity contribution in [3.63, 3.8) is 0 Å². The molecule has 0 saturated heterocycles. The van der Waals surface area contributed by atoms with Crippen molar-refractivity contribution < 1.29 is 36.2 Å². The van der Waals surface area contributed by atoms with Crippen LogP contribution in [-0.2, 0) is 14.8 Å². The minimum Gasteiger partial charge on any atom is -0.465 e. The van der Waals surface area contributed by atoms with Gasteiger partial charge in [0, 0.05) is 6.54 Å². The maximum absolute atomic E-state index is 13.2. The molecule has 10 heteroatoms. The lowest BCUT2D eigenvalue weighted by atomic mass is 10.2. The van der Waals surface area contributed by atoms with Crippen LogP contribution < -0.4 is 4.72 Å². The SMILES string of the molecule is COC(=O)c1ccc(F)cc1S(=O)(=O)NCC(O)C(F)F. The van der Waals surface area contributed by atoms with Crippen molar-refractivity contribution in [3.05, 3.63) is 29.6 Å². The number of aliphatic hydroxyl groups is 1. The second-order valence-corrected chi connectivity index (χ2v) is 5.62. The van der Waals surface area contributed by atoms with E-state index in [1.54, 1.807) is 4.72 Å². The Morgan fingerprint density at radius 1 is 1.43 bits per heavy atom. The molecule has 0 aliphatic carbocycles. The Kier molecular flexibility index (Phi) is 5.70. The van der Waals surface area contributed by atoms with E-state index in [1.807, 2.05) is 0 Å². The fourth-order valence-electron chi connectivity index (χ4n) is 1.36. The van der Waals surface area contributed by atoms with Crippen molar-refractivity contribution in [2.24, 2.45) is 0 Å². The minimum absolute atomic E-state index is 0.460. The normalized spacial score (nSPS) is 13.2. The molecule has 0 fully saturated rings. The van der Waals surface area contributed by atoms with Crippen LogP contribution in [0.15, 0.2) is 23.1 Å². The predicted molar refractivity (Wildman–Crippen MR) is 64.9 cm³/mol. The predicted octanol–water partition coefficient (Wildman–Crippen LogP) is 0.517. The zero-order chi connectivity index (χ0) is 16.2. The third-order valence-corrected chi connectivity index (χ3v) is 3.88. The molecule has 118 valence electrons. The second-order valence-electron chi connectivity index (χ2n) is 3.89. The molecule has 0 radical (unpaired) electrons. The zero-order valence-corrected chi connectivity index (χ0v) is 11.5. The Balaban J connectivity index is 3.13. The van der Waals surface area contributed by atoms with Gasteiger partial charge < -0.3 is 9.84 Å². The molecule has 1 atom stereocenters. The lowest BCUT2D eigenvalue weighted by molar-refractivity contribution is -0.000457. The number of aliphatic hydroxyl groups excluding tert-OH is 1. The second kappa shape index (κ2) is 6.87. The summed E-state index contributed by atoms with van der Waals surface area (Å²) in [7, 11) is -3.49. The van der Waals surface area contributed by atoms with Crippen molar-refractivity contribution >= 4 is 16.0 Å². The first-order valence-corrected chi connectivity index (χ1v) is 7.01. The number of methoxy groups -OCH3 is 1. The summed E-state index contributed by atoms with van der Waals surface area (Å²) in [5.41, 5.74) is -0.460. The van der Waals surface area contributed by atoms with Crippen molar-refractivity contribution in [2.45, 2.75) is 17.4 Å². The number of alkyl halides is 2. The molecule has 0 heterocycles. The molecule has 0 aliphatic rings. The molecule has 0 saturated carbocycles. The summed E-state index contributed by atoms with van der Waals surface area (Å²) < 4.78 is 67.2. The maximum Gasteiger partial charge on any atom is 0.339 e. The standard InChI is InChI=1S/C11H12F3NO5S/c1-20-11(17)7-3-2-6(12)4-9(7)21(18,19)15-5-8(16)10(13)14/h2-4,8,10,15-16H,5H2,1H3. The Hall–Kier alpha value is -1.65. The number of benzene rings is 1. The van der Waals surface area contributed by atoms with Crippen LogP contribution in [0.25, 0.3) is 0 Å². The van der Waals surface area contributed by atoms with E-state index in [2.05, 4.69) is 4.74 Å². The van der Waals surface area contributed by atoms with Crippen LogP contribution in [0.1, 0.15) is 10.4 Å². The van der Waals surface area contributed by atoms with Gasteiger partial charge in [-0.25, -0.2) is 31.1 Å². The number of esters is 1. The summed E-state index contributed by atoms with van der Waals surface area (Å²) in [4.78, 5) is 10.7. The average Bonchev–Trinajstić information content (AvgIpc) is 2.43. The quantitative estimate of drug-likeness (QED) is 0.743. The number of ether oxygens (including phenoxy) is 1. The van der Waals surface area contributed by atoms with Crippen molar-refractivity contribution in [1.82, 2.24) is 4.72 Å². The number of sulfonamides is 1. The molecular weight excluding hydrogens is 315 g/mol. The van der Waals surface area contributed by atoms with Gasteiger partial charge in [-0.3, -0.25) is 0 Å². The molecule has 0 amide bonds. The number of rotatable bonds is 6. The first-order chi connectivity index (χ1) is 9.69. The molecule has 1 aromatic rings. The van der Waals surface area contributed by atoms with Crippen LogP contribution in [0.5, 0.6) is 0 Å². The molecule has 0 aliphatic heterocycles. The van der Waals surface area contributed by atoms with Gasteiger partial charge in [-0.05, 0) is 18.2 Å². The van der Waals surface area contributed by atoms with E-state index in [0.29, 0.717) is 6.07 Å². The minimum atomic E-state index is -4.48. The van der Waals surface area contributed by atoms with Crippen LogP contribution >= 0.6 is 0 Å². The van der Waals surface area contributed by atoms with Gasteiger partial charge in [-0.15, -0.1) is 0 Å². The molecule has 1 unspecified atom stereocenters. The van der Waals surface area contributed by atoms with E-state index in [-0.39, 0.29) is 0 Å². The van der Waals surface area contributed by atoms with Crippen LogP contribution in [0, 0.1) is 5.82 Å². The van der Waals surface area contributed by atoms with E-state index in [1.165, 1.54) is 0 Å². The van der Waals surface area contributed by atoms with Crippen LogP contribution in [0.2, 0.25) is 0 Å². The van der Waals surface area contributed by atoms with Crippen LogP contribution in [0.3, 0.4) is 0 Å². The van der Waals surface area contributed by atoms with Gasteiger partial charge >= 0.3 is 5.97 Å². The van der Waals surface area contributed by atoms with Crippen LogP contribution in [0.4, 0.5) is 13.2 Å². The number of nitrogens with one attached hydrogen (secondary N) is 1. The lowest BCUT2D eigenvalue weighted by Crippen LogP contribution is -2.36. The monoisotopic (exact) mass is 327 g/mol. The van der Waals surface area contributed by atoms with Crippen molar-refractivity contribution in [2.75, 3.05) is 13.7 Å². The fraction of sp³-hybridized carbons (Fsp3) is 0.364. The highest BCUT2D eigenvalue weighted by molar-refractivity contribution is 7.89. The smallest absolute Gasteiger partial charge is 0.339 e. The number of hydrogen-bond donors (Lipinski definition) is 2. The van der Waals surface area contributed by atoms with Crippen molar-refractivity contribution in [3.8, 4) is 0 Å². The molecule has 6 nitrogen and oxygen atoms in total. The highest BCUT2D eigenvalue weighted by atomic mass is 32.2. The third kappa shape index (κ3) is 4.41. The molecule has 0 spiro atoms. The molecule has 1 aromatic carbocycles. The third-order valence-electron chi connectivity index (χ3n) is 2.41. The van der Waals surface area contributed by atoms with Gasteiger partial charge in [-0.2, -0.15) is 0 Å². The first-order valence-electron chi connectivity index (χ1n) is 5.52. The van der Waals surface area contributed by atoms with Gasteiger partial charge in [0.2, 0.25) is 10.0 Å². The Morgan fingerprint density at radius 2 is 2.05 bits per heavy atom. The van der Waals surface area contributed by atoms with E-state index in [9.17, 15) is 26.4 Å². The van der Waals surface area contributed by atoms with Gasteiger partial charge in [0.25, 0.3) is 6.43 Å². The molecule has 2 N–H and O–H groups in total. The Bertz CT molecular complexity index is 620. The lowest BCUT2D eigenvalue weighted by Gasteiger charge is -2.13. The number of carbonyl (C=O) groups is 1. The average molecular weight is 327 g/mol. The summed E-state index contributed by atoms with van der Waals surface area (Å²) in [6, 6.07) is 2.28. The molecule has 1 rings (SSSR count). The van der Waals surface area contributed by atoms with E-state index < -0.39 is 51.3 Å². The Labute approximate surface area is 118 Å².